The zero-order chi connectivity index (χ0) is 12.1. The molecule has 0 rings (SSSR count). The summed E-state index contributed by atoms with van der Waals surface area (Å²) in [6.07, 6.45) is 5.85. The van der Waals surface area contributed by atoms with E-state index < -0.39 is 8.07 Å². The fourth-order valence-electron chi connectivity index (χ4n) is 2.68. The van der Waals surface area contributed by atoms with Crippen molar-refractivity contribution in [1.29, 1.82) is 0 Å². The van der Waals surface area contributed by atoms with Crippen LogP contribution in [0.1, 0.15) is 48.0 Å². The van der Waals surface area contributed by atoms with Crippen molar-refractivity contribution < 1.29 is 0 Å². The van der Waals surface area contributed by atoms with Crippen LogP contribution < -0.4 is 0 Å². The highest BCUT2D eigenvalue weighted by Gasteiger charge is 2.41. The molecule has 1 heteroatoms. The molecule has 0 aromatic carbocycles. The molecule has 0 nitrogen and oxygen atoms in total. The van der Waals surface area contributed by atoms with Crippen LogP contribution in [0.15, 0.2) is 0 Å². The first-order valence-electron chi connectivity index (χ1n) is 5.83. The van der Waals surface area contributed by atoms with Gasteiger partial charge in [0, 0.05) is 0 Å². The van der Waals surface area contributed by atoms with Gasteiger partial charge in [-0.2, -0.15) is 0 Å². The van der Waals surface area contributed by atoms with Gasteiger partial charge in [0.15, 0.2) is 0 Å². The first-order chi connectivity index (χ1) is 6.89. The van der Waals surface area contributed by atoms with Crippen molar-refractivity contribution in [3.05, 3.63) is 0 Å². The number of rotatable bonds is 3. The second-order valence-corrected chi connectivity index (χ2v) is 10.7. The molecule has 0 aliphatic carbocycles. The third-order valence-electron chi connectivity index (χ3n) is 3.36. The van der Waals surface area contributed by atoms with Crippen molar-refractivity contribution in [2.24, 2.45) is 0 Å². The molecular weight excluding hydrogens is 196 g/mol. The van der Waals surface area contributed by atoms with Gasteiger partial charge in [-0.3, -0.25) is 0 Å². The molecule has 0 aliphatic heterocycles. The first-order valence-corrected chi connectivity index (χ1v) is 8.06. The fourth-order valence-corrected chi connectivity index (χ4v) is 7.94. The van der Waals surface area contributed by atoms with Gasteiger partial charge in [-0.25, -0.2) is 0 Å². The molecule has 0 saturated heterocycles. The third kappa shape index (κ3) is 3.15. The van der Waals surface area contributed by atoms with E-state index in [2.05, 4.69) is 58.9 Å². The van der Waals surface area contributed by atoms with Crippen molar-refractivity contribution in [3.63, 3.8) is 0 Å². The summed E-state index contributed by atoms with van der Waals surface area (Å²) in [4.78, 5) is 0. The number of hydrogen-bond donors (Lipinski definition) is 0. The fraction of sp³-hybridized carbons (Fsp3) is 0.714. The SMILES string of the molecule is C#CCC#C[Si](C(C)C)(C(C)C)C(C)C. The molecule has 0 aliphatic rings. The van der Waals surface area contributed by atoms with Crippen LogP contribution >= 0.6 is 0 Å². The van der Waals surface area contributed by atoms with E-state index in [9.17, 15) is 0 Å². The monoisotopic (exact) mass is 220 g/mol. The molecule has 0 bridgehead atoms. The van der Waals surface area contributed by atoms with Crippen LogP contribution in [0.2, 0.25) is 16.6 Å². The lowest BCUT2D eigenvalue weighted by Crippen LogP contribution is -2.43. The van der Waals surface area contributed by atoms with Gasteiger partial charge in [-0.1, -0.05) is 53.4 Å². The Labute approximate surface area is 96.9 Å². The van der Waals surface area contributed by atoms with Gasteiger partial charge in [0.05, 0.1) is 6.42 Å². The van der Waals surface area contributed by atoms with Gasteiger partial charge < -0.3 is 0 Å². The van der Waals surface area contributed by atoms with Crippen LogP contribution in [0.25, 0.3) is 0 Å². The average Bonchev–Trinajstić information content (AvgIpc) is 2.10. The molecule has 0 aromatic rings. The van der Waals surface area contributed by atoms with Crippen LogP contribution in [-0.2, 0) is 0 Å². The van der Waals surface area contributed by atoms with Crippen molar-refractivity contribution in [2.75, 3.05) is 0 Å². The maximum atomic E-state index is 5.25. The molecule has 0 aromatic heterocycles. The Hall–Kier alpha value is -0.663. The summed E-state index contributed by atoms with van der Waals surface area (Å²) >= 11 is 0. The lowest BCUT2D eigenvalue weighted by Gasteiger charge is -2.38. The molecule has 0 N–H and O–H groups in total. The van der Waals surface area contributed by atoms with Gasteiger partial charge in [-0.05, 0) is 16.6 Å². The molecule has 0 radical (unpaired) electrons. The quantitative estimate of drug-likeness (QED) is 0.493. The Morgan fingerprint density at radius 2 is 1.33 bits per heavy atom. The van der Waals surface area contributed by atoms with Crippen LogP contribution in [0.5, 0.6) is 0 Å². The normalized spacial score (nSPS) is 11.5. The number of terminal acetylenes is 1. The predicted octanol–water partition coefficient (Wildman–Crippen LogP) is 4.23. The molecular formula is C14H24Si. The molecule has 15 heavy (non-hydrogen) atoms. The zero-order valence-corrected chi connectivity index (χ0v) is 12.0. The van der Waals surface area contributed by atoms with Gasteiger partial charge in [0.2, 0.25) is 0 Å². The highest BCUT2D eigenvalue weighted by molar-refractivity contribution is 6.90. The molecule has 84 valence electrons. The van der Waals surface area contributed by atoms with Crippen LogP contribution in [0.4, 0.5) is 0 Å². The second-order valence-electron chi connectivity index (χ2n) is 5.08. The summed E-state index contributed by atoms with van der Waals surface area (Å²) in [5, 5.41) is 0. The average molecular weight is 220 g/mol. The third-order valence-corrected chi connectivity index (χ3v) is 9.70. The Morgan fingerprint density at radius 1 is 0.933 bits per heavy atom. The molecule has 0 spiro atoms. The lowest BCUT2D eigenvalue weighted by molar-refractivity contribution is 0.838. The highest BCUT2D eigenvalue weighted by Crippen LogP contribution is 2.40. The maximum Gasteiger partial charge on any atom is 0.146 e. The number of hydrogen-bond acceptors (Lipinski definition) is 0. The minimum absolute atomic E-state index is 0.598. The standard InChI is InChI=1S/C14H24Si/c1-8-9-10-11-15(12(2)3,13(4)5)14(6)7/h1,12-14H,9H2,2-7H3. The van der Waals surface area contributed by atoms with Gasteiger partial charge in [0.25, 0.3) is 0 Å². The maximum absolute atomic E-state index is 5.25. The topological polar surface area (TPSA) is 0 Å². The summed E-state index contributed by atoms with van der Waals surface area (Å²) in [6.45, 7) is 13.9. The predicted molar refractivity (Wildman–Crippen MR) is 72.3 cm³/mol. The van der Waals surface area contributed by atoms with Crippen LogP contribution in [0.3, 0.4) is 0 Å². The van der Waals surface area contributed by atoms with Crippen molar-refractivity contribution in [2.45, 2.75) is 64.6 Å². The highest BCUT2D eigenvalue weighted by atomic mass is 28.3. The van der Waals surface area contributed by atoms with E-state index in [4.69, 9.17) is 6.42 Å². The summed E-state index contributed by atoms with van der Waals surface area (Å²) < 4.78 is 0. The Kier molecular flexibility index (Phi) is 5.77. The van der Waals surface area contributed by atoms with E-state index in [-0.39, 0.29) is 0 Å². The lowest BCUT2D eigenvalue weighted by atomic mass is 10.5. The van der Waals surface area contributed by atoms with E-state index in [0.29, 0.717) is 23.0 Å². The molecule has 0 saturated carbocycles. The minimum atomic E-state index is -1.52. The smallest absolute Gasteiger partial charge is 0.129 e. The molecule has 0 amide bonds. The van der Waals surface area contributed by atoms with Crippen LogP contribution in [0, 0.1) is 23.8 Å². The summed E-state index contributed by atoms with van der Waals surface area (Å²) in [7, 11) is -1.52. The minimum Gasteiger partial charge on any atom is -0.129 e. The van der Waals surface area contributed by atoms with Crippen molar-refractivity contribution >= 4 is 8.07 Å². The Balaban J connectivity index is 5.19. The zero-order valence-electron chi connectivity index (χ0n) is 11.0. The summed E-state index contributed by atoms with van der Waals surface area (Å²) in [6, 6.07) is 0. The summed E-state index contributed by atoms with van der Waals surface area (Å²) in [5.41, 5.74) is 5.67. The largest absolute Gasteiger partial charge is 0.146 e. The molecule has 0 atom stereocenters. The van der Waals surface area contributed by atoms with Gasteiger partial charge >= 0.3 is 0 Å². The first kappa shape index (κ1) is 14.3. The molecule has 0 heterocycles. The van der Waals surface area contributed by atoms with Crippen LogP contribution in [-0.4, -0.2) is 8.07 Å². The van der Waals surface area contributed by atoms with E-state index in [1.165, 1.54) is 0 Å². The second kappa shape index (κ2) is 6.04. The van der Waals surface area contributed by atoms with E-state index >= 15 is 0 Å². The molecule has 0 unspecified atom stereocenters. The Bertz CT molecular complexity index is 259. The van der Waals surface area contributed by atoms with E-state index in [1.807, 2.05) is 0 Å². The van der Waals surface area contributed by atoms with E-state index in [0.717, 1.165) is 0 Å². The summed E-state index contributed by atoms with van der Waals surface area (Å²) in [5.74, 6) is 5.80. The van der Waals surface area contributed by atoms with E-state index in [1.54, 1.807) is 0 Å². The van der Waals surface area contributed by atoms with Crippen molar-refractivity contribution in [1.82, 2.24) is 0 Å². The van der Waals surface area contributed by atoms with Gasteiger partial charge in [0.1, 0.15) is 8.07 Å². The Morgan fingerprint density at radius 3 is 1.60 bits per heavy atom. The van der Waals surface area contributed by atoms with Gasteiger partial charge in [-0.15, -0.1) is 12.0 Å². The van der Waals surface area contributed by atoms with Crippen molar-refractivity contribution in [3.8, 4) is 23.8 Å². The molecule has 0 fully saturated rings.